The molecule has 0 aliphatic carbocycles. The fourth-order valence-corrected chi connectivity index (χ4v) is 4.14. The zero-order valence-electron chi connectivity index (χ0n) is 13.6. The maximum atomic E-state index is 12.1. The van der Waals surface area contributed by atoms with Crippen LogP contribution in [0.15, 0.2) is 16.6 Å². The lowest BCUT2D eigenvalue weighted by molar-refractivity contribution is -0.130. The Balaban J connectivity index is 1.54. The van der Waals surface area contributed by atoms with Crippen LogP contribution in [-0.2, 0) is 10.5 Å². The number of halogens is 1. The van der Waals surface area contributed by atoms with Gasteiger partial charge in [0.25, 0.3) is 5.91 Å². The number of fused-ring (bicyclic) bond motifs is 1. The number of thioether (sulfide) groups is 1. The quantitative estimate of drug-likeness (QED) is 0.592. The first-order chi connectivity index (χ1) is 11.4. The fourth-order valence-electron chi connectivity index (χ4n) is 2.58. The summed E-state index contributed by atoms with van der Waals surface area (Å²) in [4.78, 5) is 25.2. The second kappa shape index (κ2) is 6.84. The molecular formula is C16H19BrN2O4S. The Morgan fingerprint density at radius 3 is 2.54 bits per heavy atom. The number of nitrogens with zero attached hydrogens (tertiary/aromatic N) is 1. The number of hydrogen-bond donors (Lipinski definition) is 1. The van der Waals surface area contributed by atoms with Crippen LogP contribution in [0.5, 0.6) is 11.5 Å². The summed E-state index contributed by atoms with van der Waals surface area (Å²) in [7, 11) is 0. The largest absolute Gasteiger partial charge is 0.486 e. The van der Waals surface area contributed by atoms with Gasteiger partial charge in [-0.05, 0) is 31.5 Å². The molecule has 1 aromatic carbocycles. The van der Waals surface area contributed by atoms with Crippen molar-refractivity contribution in [2.24, 2.45) is 0 Å². The molecule has 3 rings (SSSR count). The van der Waals surface area contributed by atoms with E-state index in [1.807, 2.05) is 12.1 Å². The summed E-state index contributed by atoms with van der Waals surface area (Å²) in [5.74, 6) is 2.77. The standard InChI is InChI=1S/C16H19BrN2O4S/c1-16(2)14(20)19(15(21)18-16)3-6-24-9-10-7-12-13(8-11(10)17)23-5-4-22-12/h7-8H,3-6,9H2,1-2H3,(H,18,21). The van der Waals surface area contributed by atoms with Crippen molar-refractivity contribution in [3.63, 3.8) is 0 Å². The molecule has 2 heterocycles. The molecule has 0 atom stereocenters. The summed E-state index contributed by atoms with van der Waals surface area (Å²) in [6.07, 6.45) is 0. The molecule has 0 saturated carbocycles. The van der Waals surface area contributed by atoms with Crippen LogP contribution in [0.1, 0.15) is 19.4 Å². The zero-order valence-corrected chi connectivity index (χ0v) is 16.0. The normalized spacial score (nSPS) is 18.7. The molecule has 2 aliphatic rings. The van der Waals surface area contributed by atoms with Gasteiger partial charge in [0.15, 0.2) is 11.5 Å². The summed E-state index contributed by atoms with van der Waals surface area (Å²) < 4.78 is 12.1. The van der Waals surface area contributed by atoms with E-state index in [-0.39, 0.29) is 11.9 Å². The van der Waals surface area contributed by atoms with E-state index in [1.165, 1.54) is 4.90 Å². The first-order valence-electron chi connectivity index (χ1n) is 7.68. The molecule has 0 unspecified atom stereocenters. The van der Waals surface area contributed by atoms with Gasteiger partial charge in [0.1, 0.15) is 18.8 Å². The number of benzene rings is 1. The Bertz CT molecular complexity index is 680. The number of amides is 3. The minimum Gasteiger partial charge on any atom is -0.486 e. The molecule has 2 aliphatic heterocycles. The summed E-state index contributed by atoms with van der Waals surface area (Å²) in [6.45, 7) is 4.96. The van der Waals surface area contributed by atoms with E-state index >= 15 is 0 Å². The number of rotatable bonds is 5. The second-order valence-corrected chi connectivity index (χ2v) is 8.11. The highest BCUT2D eigenvalue weighted by molar-refractivity contribution is 9.10. The third-order valence-corrected chi connectivity index (χ3v) is 5.60. The number of ether oxygens (including phenoxy) is 2. The summed E-state index contributed by atoms with van der Waals surface area (Å²) >= 11 is 5.21. The van der Waals surface area contributed by atoms with Crippen molar-refractivity contribution in [1.29, 1.82) is 0 Å². The highest BCUT2D eigenvalue weighted by atomic mass is 79.9. The third-order valence-electron chi connectivity index (χ3n) is 3.87. The third kappa shape index (κ3) is 3.49. The average molecular weight is 415 g/mol. The number of urea groups is 1. The van der Waals surface area contributed by atoms with Gasteiger partial charge in [0, 0.05) is 22.5 Å². The van der Waals surface area contributed by atoms with Gasteiger partial charge in [0.05, 0.1) is 0 Å². The maximum Gasteiger partial charge on any atom is 0.325 e. The van der Waals surface area contributed by atoms with E-state index in [0.717, 1.165) is 27.3 Å². The molecule has 1 fully saturated rings. The van der Waals surface area contributed by atoms with Gasteiger partial charge in [-0.25, -0.2) is 4.79 Å². The molecule has 0 spiro atoms. The van der Waals surface area contributed by atoms with Crippen molar-refractivity contribution in [2.75, 3.05) is 25.5 Å². The smallest absolute Gasteiger partial charge is 0.325 e. The molecule has 1 N–H and O–H groups in total. The van der Waals surface area contributed by atoms with Crippen LogP contribution in [0.3, 0.4) is 0 Å². The average Bonchev–Trinajstić information content (AvgIpc) is 2.72. The summed E-state index contributed by atoms with van der Waals surface area (Å²) in [6, 6.07) is 3.58. The second-order valence-electron chi connectivity index (χ2n) is 6.15. The van der Waals surface area contributed by atoms with Crippen LogP contribution in [0.25, 0.3) is 0 Å². The molecule has 130 valence electrons. The molecule has 3 amide bonds. The molecule has 0 bridgehead atoms. The predicted molar refractivity (Wildman–Crippen MR) is 95.6 cm³/mol. The lowest BCUT2D eigenvalue weighted by Crippen LogP contribution is -2.40. The highest BCUT2D eigenvalue weighted by Crippen LogP contribution is 2.36. The number of carbonyl (C=O) groups excluding carboxylic acids is 2. The van der Waals surface area contributed by atoms with Gasteiger partial charge in [-0.1, -0.05) is 15.9 Å². The number of imide groups is 1. The monoisotopic (exact) mass is 414 g/mol. The lowest BCUT2D eigenvalue weighted by atomic mass is 10.1. The van der Waals surface area contributed by atoms with Crippen LogP contribution in [0, 0.1) is 0 Å². The van der Waals surface area contributed by atoms with Crippen LogP contribution in [-0.4, -0.2) is 47.9 Å². The molecule has 1 aromatic rings. The van der Waals surface area contributed by atoms with Crippen molar-refractivity contribution in [2.45, 2.75) is 25.1 Å². The molecule has 8 heteroatoms. The molecule has 1 saturated heterocycles. The predicted octanol–water partition coefficient (Wildman–Crippen LogP) is 2.78. The first kappa shape index (κ1) is 17.4. The van der Waals surface area contributed by atoms with E-state index in [9.17, 15) is 9.59 Å². The van der Waals surface area contributed by atoms with Gasteiger partial charge >= 0.3 is 6.03 Å². The van der Waals surface area contributed by atoms with E-state index < -0.39 is 5.54 Å². The Morgan fingerprint density at radius 1 is 1.25 bits per heavy atom. The summed E-state index contributed by atoms with van der Waals surface area (Å²) in [5.41, 5.74) is 0.294. The Hall–Kier alpha value is -1.41. The van der Waals surface area contributed by atoms with Gasteiger partial charge in [-0.15, -0.1) is 0 Å². The number of nitrogens with one attached hydrogen (secondary N) is 1. The summed E-state index contributed by atoms with van der Waals surface area (Å²) in [5, 5.41) is 2.69. The molecule has 0 aromatic heterocycles. The number of hydrogen-bond acceptors (Lipinski definition) is 5. The zero-order chi connectivity index (χ0) is 17.3. The fraction of sp³-hybridized carbons (Fsp3) is 0.500. The van der Waals surface area contributed by atoms with E-state index in [2.05, 4.69) is 21.2 Å². The van der Waals surface area contributed by atoms with Crippen molar-refractivity contribution >= 4 is 39.6 Å². The van der Waals surface area contributed by atoms with E-state index in [4.69, 9.17) is 9.47 Å². The van der Waals surface area contributed by atoms with E-state index in [0.29, 0.717) is 25.5 Å². The number of carbonyl (C=O) groups is 2. The van der Waals surface area contributed by atoms with Crippen molar-refractivity contribution in [3.8, 4) is 11.5 Å². The molecule has 6 nitrogen and oxygen atoms in total. The van der Waals surface area contributed by atoms with Gasteiger partial charge in [-0.2, -0.15) is 11.8 Å². The van der Waals surface area contributed by atoms with Gasteiger partial charge in [0.2, 0.25) is 0 Å². The topological polar surface area (TPSA) is 67.9 Å². The Morgan fingerprint density at radius 2 is 1.92 bits per heavy atom. The van der Waals surface area contributed by atoms with Crippen molar-refractivity contribution in [3.05, 3.63) is 22.2 Å². The Kier molecular flexibility index (Phi) is 4.96. The lowest BCUT2D eigenvalue weighted by Gasteiger charge is -2.20. The van der Waals surface area contributed by atoms with Crippen LogP contribution in [0.2, 0.25) is 0 Å². The van der Waals surface area contributed by atoms with Gasteiger partial charge < -0.3 is 14.8 Å². The van der Waals surface area contributed by atoms with Crippen molar-refractivity contribution < 1.29 is 19.1 Å². The maximum absolute atomic E-state index is 12.1. The Labute approximate surface area is 153 Å². The molecule has 0 radical (unpaired) electrons. The van der Waals surface area contributed by atoms with E-state index in [1.54, 1.807) is 25.6 Å². The molecular weight excluding hydrogens is 396 g/mol. The van der Waals surface area contributed by atoms with Gasteiger partial charge in [-0.3, -0.25) is 9.69 Å². The minimum atomic E-state index is -0.805. The minimum absolute atomic E-state index is 0.173. The van der Waals surface area contributed by atoms with Crippen molar-refractivity contribution in [1.82, 2.24) is 10.2 Å². The SMILES string of the molecule is CC1(C)NC(=O)N(CCSCc2cc3c(cc2Br)OCCO3)C1=O. The molecule has 24 heavy (non-hydrogen) atoms. The highest BCUT2D eigenvalue weighted by Gasteiger charge is 2.43. The van der Waals surface area contributed by atoms with Crippen LogP contribution >= 0.6 is 27.7 Å². The van der Waals surface area contributed by atoms with Crippen LogP contribution < -0.4 is 14.8 Å². The van der Waals surface area contributed by atoms with Crippen LogP contribution in [0.4, 0.5) is 4.79 Å². The first-order valence-corrected chi connectivity index (χ1v) is 9.63.